The molecule has 0 unspecified atom stereocenters. The third kappa shape index (κ3) is 3.59. The van der Waals surface area contributed by atoms with Crippen LogP contribution < -0.4 is 10.5 Å². The van der Waals surface area contributed by atoms with Crippen molar-refractivity contribution in [3.8, 4) is 11.3 Å². The van der Waals surface area contributed by atoms with Gasteiger partial charge in [0.2, 0.25) is 0 Å². The van der Waals surface area contributed by atoms with Crippen LogP contribution in [0.15, 0.2) is 53.7 Å². The Morgan fingerprint density at radius 2 is 2.00 bits per heavy atom. The molecule has 0 spiro atoms. The Morgan fingerprint density at radius 3 is 2.71 bits per heavy atom. The first-order valence-electron chi connectivity index (χ1n) is 9.91. The first-order valence-corrected chi connectivity index (χ1v) is 9.91. The number of anilines is 1. The third-order valence-corrected chi connectivity index (χ3v) is 5.53. The fraction of sp³-hybridized carbons (Fsp3) is 0.409. The number of rotatable bonds is 5. The third-order valence-electron chi connectivity index (χ3n) is 5.53. The zero-order valence-corrected chi connectivity index (χ0v) is 16.7. The Balaban J connectivity index is 1.53. The number of hydrogen-bond donors (Lipinski definition) is 0. The first-order chi connectivity index (χ1) is 13.5. The summed E-state index contributed by atoms with van der Waals surface area (Å²) in [6.45, 7) is 7.29. The molecule has 1 aliphatic rings. The van der Waals surface area contributed by atoms with Crippen LogP contribution in [0.25, 0.3) is 11.3 Å². The van der Waals surface area contributed by atoms with E-state index in [-0.39, 0.29) is 5.56 Å². The van der Waals surface area contributed by atoms with Gasteiger partial charge in [0, 0.05) is 44.0 Å². The topological polar surface area (TPSA) is 56.0 Å². The number of aromatic nitrogens is 4. The average molecular weight is 377 g/mol. The van der Waals surface area contributed by atoms with Gasteiger partial charge in [0.05, 0.1) is 23.9 Å². The van der Waals surface area contributed by atoms with Crippen LogP contribution in [-0.2, 0) is 13.6 Å². The van der Waals surface area contributed by atoms with Crippen molar-refractivity contribution in [1.82, 2.24) is 19.3 Å². The Hall–Kier alpha value is -2.89. The second-order valence-corrected chi connectivity index (χ2v) is 7.93. The summed E-state index contributed by atoms with van der Waals surface area (Å²) in [6.07, 6.45) is 4.87. The van der Waals surface area contributed by atoms with E-state index in [9.17, 15) is 4.79 Å². The number of aryl methyl sites for hydroxylation is 1. The van der Waals surface area contributed by atoms with Gasteiger partial charge in [0.1, 0.15) is 0 Å². The molecule has 0 radical (unpaired) electrons. The predicted molar refractivity (Wildman–Crippen MR) is 112 cm³/mol. The lowest BCUT2D eigenvalue weighted by Gasteiger charge is -2.19. The van der Waals surface area contributed by atoms with Crippen molar-refractivity contribution in [3.63, 3.8) is 0 Å². The van der Waals surface area contributed by atoms with Crippen molar-refractivity contribution in [3.05, 3.63) is 65.0 Å². The fourth-order valence-electron chi connectivity index (χ4n) is 4.09. The van der Waals surface area contributed by atoms with Gasteiger partial charge in [-0.1, -0.05) is 44.2 Å². The molecule has 0 amide bonds. The van der Waals surface area contributed by atoms with Crippen LogP contribution in [0.4, 0.5) is 5.69 Å². The molecule has 0 aliphatic carbocycles. The summed E-state index contributed by atoms with van der Waals surface area (Å²) < 4.78 is 3.69. The van der Waals surface area contributed by atoms with E-state index in [0.29, 0.717) is 11.8 Å². The van der Waals surface area contributed by atoms with Crippen LogP contribution in [0.3, 0.4) is 0 Å². The van der Waals surface area contributed by atoms with Gasteiger partial charge >= 0.3 is 0 Å². The molecule has 0 N–H and O–H groups in total. The summed E-state index contributed by atoms with van der Waals surface area (Å²) in [4.78, 5) is 18.9. The van der Waals surface area contributed by atoms with Crippen molar-refractivity contribution in [1.29, 1.82) is 0 Å². The second kappa shape index (κ2) is 7.62. The Labute approximate surface area is 165 Å². The van der Waals surface area contributed by atoms with E-state index in [1.165, 1.54) is 15.9 Å². The standard InChI is InChI=1S/C22H27N5O/c1-16(2)22-21(18-7-5-4-6-8-18)23-15-27(22)14-17-9-10-26(13-17)19-11-20(28)25(3)24-12-19/h4-8,11-12,15-17H,9-10,13-14H2,1-3H3/t17-/m1/s1. The van der Waals surface area contributed by atoms with Gasteiger partial charge in [0.25, 0.3) is 5.56 Å². The lowest BCUT2D eigenvalue weighted by atomic mass is 10.0. The molecule has 6 nitrogen and oxygen atoms in total. The summed E-state index contributed by atoms with van der Waals surface area (Å²) in [5, 5.41) is 4.15. The molecule has 4 rings (SSSR count). The lowest BCUT2D eigenvalue weighted by Crippen LogP contribution is -2.25. The summed E-state index contributed by atoms with van der Waals surface area (Å²) >= 11 is 0. The number of imidazole rings is 1. The maximum Gasteiger partial charge on any atom is 0.268 e. The number of hydrogen-bond acceptors (Lipinski definition) is 4. The van der Waals surface area contributed by atoms with Crippen LogP contribution >= 0.6 is 0 Å². The van der Waals surface area contributed by atoms with Crippen LogP contribution in [0.5, 0.6) is 0 Å². The van der Waals surface area contributed by atoms with Crippen molar-refractivity contribution in [2.24, 2.45) is 13.0 Å². The van der Waals surface area contributed by atoms with Gasteiger partial charge in [-0.2, -0.15) is 5.10 Å². The van der Waals surface area contributed by atoms with Crippen LogP contribution in [0.1, 0.15) is 31.9 Å². The molecule has 1 aliphatic heterocycles. The van der Waals surface area contributed by atoms with E-state index >= 15 is 0 Å². The molecule has 28 heavy (non-hydrogen) atoms. The van der Waals surface area contributed by atoms with E-state index in [0.717, 1.165) is 37.4 Å². The summed E-state index contributed by atoms with van der Waals surface area (Å²) in [7, 11) is 1.68. The smallest absolute Gasteiger partial charge is 0.268 e. The molecule has 1 fully saturated rings. The molecule has 1 atom stereocenters. The minimum absolute atomic E-state index is 0.0647. The van der Waals surface area contributed by atoms with Gasteiger partial charge in [0.15, 0.2) is 0 Å². The van der Waals surface area contributed by atoms with Crippen molar-refractivity contribution >= 4 is 5.69 Å². The monoisotopic (exact) mass is 377 g/mol. The van der Waals surface area contributed by atoms with E-state index in [4.69, 9.17) is 4.98 Å². The largest absolute Gasteiger partial charge is 0.370 e. The molecule has 2 aromatic heterocycles. The van der Waals surface area contributed by atoms with E-state index in [1.54, 1.807) is 19.3 Å². The number of benzene rings is 1. The molecule has 1 aromatic carbocycles. The van der Waals surface area contributed by atoms with E-state index < -0.39 is 0 Å². The fourth-order valence-corrected chi connectivity index (χ4v) is 4.09. The van der Waals surface area contributed by atoms with Gasteiger partial charge in [-0.05, 0) is 18.3 Å². The van der Waals surface area contributed by atoms with Gasteiger partial charge in [-0.15, -0.1) is 0 Å². The van der Waals surface area contributed by atoms with E-state index in [1.807, 2.05) is 12.4 Å². The van der Waals surface area contributed by atoms with Gasteiger partial charge in [-0.3, -0.25) is 4.79 Å². The molecule has 146 valence electrons. The highest BCUT2D eigenvalue weighted by Crippen LogP contribution is 2.30. The highest BCUT2D eigenvalue weighted by molar-refractivity contribution is 5.62. The zero-order valence-electron chi connectivity index (χ0n) is 16.7. The molecular weight excluding hydrogens is 350 g/mol. The molecular formula is C22H27N5O. The van der Waals surface area contributed by atoms with Crippen molar-refractivity contribution < 1.29 is 0 Å². The van der Waals surface area contributed by atoms with Gasteiger partial charge in [-0.25, -0.2) is 9.67 Å². The van der Waals surface area contributed by atoms with Crippen LogP contribution in [0, 0.1) is 5.92 Å². The molecule has 0 bridgehead atoms. The summed E-state index contributed by atoms with van der Waals surface area (Å²) in [5.41, 5.74) is 4.40. The first kappa shape index (κ1) is 18.5. The maximum atomic E-state index is 11.9. The zero-order chi connectivity index (χ0) is 19.7. The van der Waals surface area contributed by atoms with E-state index in [2.05, 4.69) is 52.7 Å². The second-order valence-electron chi connectivity index (χ2n) is 7.93. The average Bonchev–Trinajstić information content (AvgIpc) is 3.32. The molecule has 1 saturated heterocycles. The minimum atomic E-state index is -0.0647. The lowest BCUT2D eigenvalue weighted by molar-refractivity contribution is 0.470. The SMILES string of the molecule is CC(C)c1c(-c2ccccc2)ncn1C[C@@H]1CCN(c2cnn(C)c(=O)c2)C1. The van der Waals surface area contributed by atoms with Crippen LogP contribution in [-0.4, -0.2) is 32.4 Å². The Kier molecular flexibility index (Phi) is 5.03. The minimum Gasteiger partial charge on any atom is -0.370 e. The predicted octanol–water partition coefficient (Wildman–Crippen LogP) is 3.29. The molecule has 3 aromatic rings. The Morgan fingerprint density at radius 1 is 1.21 bits per heavy atom. The highest BCUT2D eigenvalue weighted by Gasteiger charge is 2.25. The molecule has 0 saturated carbocycles. The number of nitrogens with zero attached hydrogens (tertiary/aromatic N) is 5. The normalized spacial score (nSPS) is 16.9. The molecule has 6 heteroatoms. The van der Waals surface area contributed by atoms with Crippen molar-refractivity contribution in [2.45, 2.75) is 32.7 Å². The quantitative estimate of drug-likeness (QED) is 0.685. The maximum absolute atomic E-state index is 11.9. The molecule has 3 heterocycles. The van der Waals surface area contributed by atoms with Crippen molar-refractivity contribution in [2.75, 3.05) is 18.0 Å². The summed E-state index contributed by atoms with van der Waals surface area (Å²) in [6, 6.07) is 12.1. The Bertz CT molecular complexity index is 1010. The summed E-state index contributed by atoms with van der Waals surface area (Å²) in [5.74, 6) is 0.927. The highest BCUT2D eigenvalue weighted by atomic mass is 16.1. The van der Waals surface area contributed by atoms with Gasteiger partial charge < -0.3 is 9.47 Å². The van der Waals surface area contributed by atoms with Crippen LogP contribution in [0.2, 0.25) is 0 Å².